The largest absolute Gasteiger partial charge is 0.433 e. The van der Waals surface area contributed by atoms with Crippen LogP contribution < -0.4 is 10.2 Å². The average Bonchev–Trinajstić information content (AvgIpc) is 3.14. The molecular weight excluding hydrogens is 465 g/mol. The van der Waals surface area contributed by atoms with Crippen molar-refractivity contribution in [2.45, 2.75) is 25.7 Å². The predicted octanol–water partition coefficient (Wildman–Crippen LogP) is 2.24. The number of nitrogens with one attached hydrogen (secondary N) is 1. The van der Waals surface area contributed by atoms with Crippen LogP contribution in [0.4, 0.5) is 23.8 Å². The highest BCUT2D eigenvalue weighted by Crippen LogP contribution is 2.30. The standard InChI is InChI=1S/C23H23F3N6O3/c24-23(25,26)18-2-1-3-19(27-18)30-10-8-29(9-11-30)13-15-4-5-17-16(12-15)14-32(21(17)34)31-7-6-20(33)28-22(31)35/h1-5,12H,6-11,13-14H2,(H,28,33,35). The second-order valence-corrected chi connectivity index (χ2v) is 8.72. The number of alkyl halides is 3. The normalized spacial score (nSPS) is 19.3. The molecule has 9 nitrogen and oxygen atoms in total. The molecule has 2 saturated heterocycles. The van der Waals surface area contributed by atoms with Crippen LogP contribution >= 0.6 is 0 Å². The minimum atomic E-state index is -4.47. The summed E-state index contributed by atoms with van der Waals surface area (Å²) in [5.41, 5.74) is 1.44. The van der Waals surface area contributed by atoms with E-state index in [1.807, 2.05) is 17.0 Å². The van der Waals surface area contributed by atoms with Crippen LogP contribution in [-0.4, -0.2) is 70.5 Å². The fourth-order valence-electron chi connectivity index (χ4n) is 4.59. The number of rotatable bonds is 4. The molecule has 0 radical (unpaired) electrons. The lowest BCUT2D eigenvalue weighted by Gasteiger charge is -2.35. The highest BCUT2D eigenvalue weighted by Gasteiger charge is 2.37. The Morgan fingerprint density at radius 1 is 0.943 bits per heavy atom. The summed E-state index contributed by atoms with van der Waals surface area (Å²) < 4.78 is 38.9. The molecule has 184 valence electrons. The SMILES string of the molecule is O=C1CCN(N2Cc3cc(CN4CCN(c5cccc(C(F)(F)F)n5)CC4)ccc3C2=O)C(=O)N1. The van der Waals surface area contributed by atoms with Crippen molar-refractivity contribution in [3.8, 4) is 0 Å². The number of anilines is 1. The molecule has 0 saturated carbocycles. The zero-order valence-electron chi connectivity index (χ0n) is 18.7. The smallest absolute Gasteiger partial charge is 0.354 e. The summed E-state index contributed by atoms with van der Waals surface area (Å²) in [6, 6.07) is 8.90. The second-order valence-electron chi connectivity index (χ2n) is 8.72. The molecule has 3 aliphatic rings. The Kier molecular flexibility index (Phi) is 5.83. The third kappa shape index (κ3) is 4.65. The van der Waals surface area contributed by atoms with Gasteiger partial charge in [0.15, 0.2) is 0 Å². The maximum absolute atomic E-state index is 13.0. The molecule has 1 N–H and O–H groups in total. The third-order valence-electron chi connectivity index (χ3n) is 6.40. The number of halogens is 3. The monoisotopic (exact) mass is 488 g/mol. The number of imide groups is 1. The third-order valence-corrected chi connectivity index (χ3v) is 6.40. The van der Waals surface area contributed by atoms with E-state index in [9.17, 15) is 27.6 Å². The number of aromatic nitrogens is 1. The van der Waals surface area contributed by atoms with Gasteiger partial charge in [-0.3, -0.25) is 19.8 Å². The molecule has 0 unspecified atom stereocenters. The molecule has 0 bridgehead atoms. The highest BCUT2D eigenvalue weighted by atomic mass is 19.4. The van der Waals surface area contributed by atoms with Crippen molar-refractivity contribution in [2.24, 2.45) is 0 Å². The van der Waals surface area contributed by atoms with Gasteiger partial charge in [0.2, 0.25) is 5.91 Å². The van der Waals surface area contributed by atoms with Gasteiger partial charge in [-0.05, 0) is 29.3 Å². The van der Waals surface area contributed by atoms with Crippen LogP contribution in [0, 0.1) is 0 Å². The first-order valence-corrected chi connectivity index (χ1v) is 11.3. The maximum atomic E-state index is 13.0. The number of nitrogens with zero attached hydrogens (tertiary/aromatic N) is 5. The first-order chi connectivity index (χ1) is 16.7. The van der Waals surface area contributed by atoms with E-state index in [2.05, 4.69) is 15.2 Å². The van der Waals surface area contributed by atoms with Crippen LogP contribution in [-0.2, 0) is 24.1 Å². The number of benzene rings is 1. The number of urea groups is 1. The number of piperazine rings is 1. The van der Waals surface area contributed by atoms with Crippen LogP contribution in [0.15, 0.2) is 36.4 Å². The summed E-state index contributed by atoms with van der Waals surface area (Å²) in [7, 11) is 0. The molecule has 12 heteroatoms. The Balaban J connectivity index is 1.20. The van der Waals surface area contributed by atoms with Gasteiger partial charge in [0.05, 0.1) is 13.1 Å². The summed E-state index contributed by atoms with van der Waals surface area (Å²) in [6.45, 7) is 3.44. The summed E-state index contributed by atoms with van der Waals surface area (Å²) in [4.78, 5) is 44.2. The average molecular weight is 488 g/mol. The molecule has 1 aromatic heterocycles. The number of carbonyl (C=O) groups is 3. The zero-order chi connectivity index (χ0) is 24.7. The summed E-state index contributed by atoms with van der Waals surface area (Å²) in [6.07, 6.45) is -4.34. The fourth-order valence-corrected chi connectivity index (χ4v) is 4.59. The van der Waals surface area contributed by atoms with E-state index in [-0.39, 0.29) is 31.3 Å². The van der Waals surface area contributed by atoms with Crippen LogP contribution in [0.5, 0.6) is 0 Å². The molecule has 0 atom stereocenters. The van der Waals surface area contributed by atoms with Gasteiger partial charge in [-0.25, -0.2) is 19.8 Å². The van der Waals surface area contributed by atoms with Crippen molar-refractivity contribution >= 4 is 23.7 Å². The second kappa shape index (κ2) is 8.84. The van der Waals surface area contributed by atoms with E-state index >= 15 is 0 Å². The summed E-state index contributed by atoms with van der Waals surface area (Å²) >= 11 is 0. The molecular formula is C23H23F3N6O3. The highest BCUT2D eigenvalue weighted by molar-refractivity contribution is 6.01. The van der Waals surface area contributed by atoms with Crippen molar-refractivity contribution < 1.29 is 27.6 Å². The lowest BCUT2D eigenvalue weighted by molar-refractivity contribution is -0.141. The Morgan fingerprint density at radius 3 is 2.43 bits per heavy atom. The van der Waals surface area contributed by atoms with Gasteiger partial charge in [0.1, 0.15) is 11.5 Å². The van der Waals surface area contributed by atoms with Crippen molar-refractivity contribution in [3.63, 3.8) is 0 Å². The van der Waals surface area contributed by atoms with Crippen LogP contribution in [0.2, 0.25) is 0 Å². The number of amides is 4. The summed E-state index contributed by atoms with van der Waals surface area (Å²) in [5, 5.41) is 4.85. The Hall–Kier alpha value is -3.67. The molecule has 4 amide bonds. The van der Waals surface area contributed by atoms with Gasteiger partial charge < -0.3 is 4.90 Å². The molecule has 35 heavy (non-hydrogen) atoms. The minimum absolute atomic E-state index is 0.138. The van der Waals surface area contributed by atoms with Crippen molar-refractivity contribution in [2.75, 3.05) is 37.6 Å². The van der Waals surface area contributed by atoms with E-state index in [4.69, 9.17) is 0 Å². The Labute approximate surface area is 199 Å². The van der Waals surface area contributed by atoms with Gasteiger partial charge in [0, 0.05) is 44.7 Å². The molecule has 0 spiro atoms. The van der Waals surface area contributed by atoms with E-state index in [0.29, 0.717) is 44.1 Å². The molecule has 5 rings (SSSR count). The van der Waals surface area contributed by atoms with Gasteiger partial charge in [0.25, 0.3) is 5.91 Å². The van der Waals surface area contributed by atoms with Crippen molar-refractivity contribution in [1.29, 1.82) is 0 Å². The van der Waals surface area contributed by atoms with Crippen molar-refractivity contribution in [3.05, 3.63) is 58.8 Å². The molecule has 2 fully saturated rings. The van der Waals surface area contributed by atoms with E-state index in [1.54, 1.807) is 12.1 Å². The van der Waals surface area contributed by atoms with Crippen molar-refractivity contribution in [1.82, 2.24) is 25.2 Å². The lowest BCUT2D eigenvalue weighted by Crippen LogP contribution is -2.56. The number of hydrogen-bond acceptors (Lipinski definition) is 6. The van der Waals surface area contributed by atoms with Gasteiger partial charge in [-0.1, -0.05) is 18.2 Å². The van der Waals surface area contributed by atoms with Crippen LogP contribution in [0.1, 0.15) is 33.6 Å². The predicted molar refractivity (Wildman–Crippen MR) is 118 cm³/mol. The maximum Gasteiger partial charge on any atom is 0.433 e. The van der Waals surface area contributed by atoms with E-state index in [1.165, 1.54) is 16.1 Å². The first-order valence-electron chi connectivity index (χ1n) is 11.3. The van der Waals surface area contributed by atoms with E-state index in [0.717, 1.165) is 17.2 Å². The molecule has 1 aromatic carbocycles. The molecule has 3 aliphatic heterocycles. The van der Waals surface area contributed by atoms with E-state index < -0.39 is 17.9 Å². The molecule has 4 heterocycles. The lowest BCUT2D eigenvalue weighted by atomic mass is 10.1. The number of pyridine rings is 1. The van der Waals surface area contributed by atoms with Gasteiger partial charge in [-0.2, -0.15) is 13.2 Å². The Morgan fingerprint density at radius 2 is 1.71 bits per heavy atom. The molecule has 0 aliphatic carbocycles. The Bertz CT molecular complexity index is 1180. The number of hydrazine groups is 1. The number of fused-ring (bicyclic) bond motifs is 1. The first kappa shape index (κ1) is 23.1. The molecule has 2 aromatic rings. The van der Waals surface area contributed by atoms with Gasteiger partial charge >= 0.3 is 12.2 Å². The number of hydrogen-bond donors (Lipinski definition) is 1. The topological polar surface area (TPSA) is 89.1 Å². The fraction of sp³-hybridized carbons (Fsp3) is 0.391. The number of carbonyl (C=O) groups excluding carboxylic acids is 3. The minimum Gasteiger partial charge on any atom is -0.354 e. The van der Waals surface area contributed by atoms with Crippen LogP contribution in [0.25, 0.3) is 0 Å². The quantitative estimate of drug-likeness (QED) is 0.710. The zero-order valence-corrected chi connectivity index (χ0v) is 18.7. The van der Waals surface area contributed by atoms with Gasteiger partial charge in [-0.15, -0.1) is 0 Å². The van der Waals surface area contributed by atoms with Crippen LogP contribution in [0.3, 0.4) is 0 Å². The summed E-state index contributed by atoms with van der Waals surface area (Å²) in [5.74, 6) is -0.320.